The normalized spacial score (nSPS) is 11.3. The molecular weight excluding hydrogens is 278 g/mol. The van der Waals surface area contributed by atoms with Crippen molar-refractivity contribution in [3.05, 3.63) is 36.2 Å². The van der Waals surface area contributed by atoms with Crippen molar-refractivity contribution < 1.29 is 0 Å². The molecule has 0 saturated carbocycles. The van der Waals surface area contributed by atoms with E-state index >= 15 is 0 Å². The van der Waals surface area contributed by atoms with E-state index in [1.807, 2.05) is 28.8 Å². The van der Waals surface area contributed by atoms with Crippen LogP contribution in [0.15, 0.2) is 30.6 Å². The monoisotopic (exact) mass is 297 g/mol. The highest BCUT2D eigenvalue weighted by molar-refractivity contribution is 5.83. The van der Waals surface area contributed by atoms with Crippen molar-refractivity contribution in [3.63, 3.8) is 0 Å². The number of rotatable bonds is 4. The maximum absolute atomic E-state index is 6.00. The molecule has 22 heavy (non-hydrogen) atoms. The molecule has 3 aromatic rings. The largest absolute Gasteiger partial charge is 0.382 e. The molecule has 0 aliphatic carbocycles. The fourth-order valence-corrected chi connectivity index (χ4v) is 2.31. The van der Waals surface area contributed by atoms with Crippen LogP contribution in [-0.4, -0.2) is 19.5 Å². The van der Waals surface area contributed by atoms with E-state index in [-0.39, 0.29) is 6.04 Å². The standard InChI is InChI=1S/C15H19N7/c1-9(2)22-8-18-12-13(17)20-15(21-14(12)22)19-11-6-4-3-5-10(11)7-16/h3-6,8-9H,7,16H2,1-2H3,(H3,17,19,20,21). The maximum atomic E-state index is 6.00. The number of anilines is 3. The van der Waals surface area contributed by atoms with Crippen LogP contribution in [0.3, 0.4) is 0 Å². The Kier molecular flexibility index (Phi) is 3.64. The lowest BCUT2D eigenvalue weighted by atomic mass is 10.2. The van der Waals surface area contributed by atoms with E-state index in [1.54, 1.807) is 6.33 Å². The smallest absolute Gasteiger partial charge is 0.231 e. The molecule has 0 aliphatic heterocycles. The number of nitrogens with zero attached hydrogens (tertiary/aromatic N) is 4. The Labute approximate surface area is 128 Å². The topological polar surface area (TPSA) is 108 Å². The van der Waals surface area contributed by atoms with Gasteiger partial charge in [-0.05, 0) is 25.5 Å². The lowest BCUT2D eigenvalue weighted by Gasteiger charge is -2.11. The van der Waals surface area contributed by atoms with Crippen LogP contribution in [0.2, 0.25) is 0 Å². The fraction of sp³-hybridized carbons (Fsp3) is 0.267. The first kappa shape index (κ1) is 14.3. The number of nitrogens with two attached hydrogens (primary N) is 2. The second kappa shape index (κ2) is 5.61. The Morgan fingerprint density at radius 1 is 1.23 bits per heavy atom. The predicted molar refractivity (Wildman–Crippen MR) is 87.7 cm³/mol. The summed E-state index contributed by atoms with van der Waals surface area (Å²) < 4.78 is 1.97. The summed E-state index contributed by atoms with van der Waals surface area (Å²) in [7, 11) is 0. The molecule has 2 heterocycles. The lowest BCUT2D eigenvalue weighted by Crippen LogP contribution is -2.07. The summed E-state index contributed by atoms with van der Waals surface area (Å²) in [5.74, 6) is 0.797. The van der Waals surface area contributed by atoms with Gasteiger partial charge >= 0.3 is 0 Å². The van der Waals surface area contributed by atoms with Crippen molar-refractivity contribution in [3.8, 4) is 0 Å². The Morgan fingerprint density at radius 2 is 2.00 bits per heavy atom. The number of nitrogen functional groups attached to an aromatic ring is 1. The van der Waals surface area contributed by atoms with Crippen LogP contribution in [-0.2, 0) is 6.54 Å². The van der Waals surface area contributed by atoms with Crippen LogP contribution >= 0.6 is 0 Å². The third-order valence-electron chi connectivity index (χ3n) is 3.49. The van der Waals surface area contributed by atoms with Crippen LogP contribution in [0.5, 0.6) is 0 Å². The summed E-state index contributed by atoms with van der Waals surface area (Å²) in [6.07, 6.45) is 1.73. The van der Waals surface area contributed by atoms with Gasteiger partial charge in [-0.3, -0.25) is 0 Å². The molecule has 0 atom stereocenters. The zero-order chi connectivity index (χ0) is 15.7. The van der Waals surface area contributed by atoms with Crippen molar-refractivity contribution in [2.24, 2.45) is 5.73 Å². The number of aromatic nitrogens is 4. The van der Waals surface area contributed by atoms with Crippen LogP contribution < -0.4 is 16.8 Å². The summed E-state index contributed by atoms with van der Waals surface area (Å²) in [4.78, 5) is 13.1. The van der Waals surface area contributed by atoms with Gasteiger partial charge in [-0.1, -0.05) is 18.2 Å². The zero-order valence-corrected chi connectivity index (χ0v) is 12.6. The quantitative estimate of drug-likeness (QED) is 0.681. The van der Waals surface area contributed by atoms with E-state index < -0.39 is 0 Å². The molecule has 114 valence electrons. The zero-order valence-electron chi connectivity index (χ0n) is 12.6. The highest BCUT2D eigenvalue weighted by Crippen LogP contribution is 2.24. The molecule has 7 nitrogen and oxygen atoms in total. The highest BCUT2D eigenvalue weighted by atomic mass is 15.2. The predicted octanol–water partition coefficient (Wildman–Crippen LogP) is 2.19. The third-order valence-corrected chi connectivity index (χ3v) is 3.49. The van der Waals surface area contributed by atoms with E-state index in [1.165, 1.54) is 0 Å². The average Bonchev–Trinajstić information content (AvgIpc) is 2.92. The molecular formula is C15H19N7. The number of imidazole rings is 1. The highest BCUT2D eigenvalue weighted by Gasteiger charge is 2.13. The molecule has 0 saturated heterocycles. The van der Waals surface area contributed by atoms with Gasteiger partial charge in [0.25, 0.3) is 0 Å². The van der Waals surface area contributed by atoms with Gasteiger partial charge in [-0.15, -0.1) is 0 Å². The Morgan fingerprint density at radius 3 is 2.73 bits per heavy atom. The molecule has 1 aromatic carbocycles. The van der Waals surface area contributed by atoms with Gasteiger partial charge in [0.1, 0.15) is 5.52 Å². The van der Waals surface area contributed by atoms with Crippen molar-refractivity contribution in [2.75, 3.05) is 11.1 Å². The maximum Gasteiger partial charge on any atom is 0.231 e. The molecule has 0 unspecified atom stereocenters. The Hall–Kier alpha value is -2.67. The SMILES string of the molecule is CC(C)n1cnc2c(N)nc(Nc3ccccc3CN)nc21. The van der Waals surface area contributed by atoms with E-state index in [0.29, 0.717) is 23.8 Å². The van der Waals surface area contributed by atoms with E-state index in [9.17, 15) is 0 Å². The minimum Gasteiger partial charge on any atom is -0.382 e. The molecule has 0 amide bonds. The van der Waals surface area contributed by atoms with Gasteiger partial charge in [0.05, 0.1) is 6.33 Å². The molecule has 0 spiro atoms. The Balaban J connectivity index is 2.06. The molecule has 0 aliphatic rings. The number of fused-ring (bicyclic) bond motifs is 1. The van der Waals surface area contributed by atoms with Crippen LogP contribution in [0.25, 0.3) is 11.2 Å². The van der Waals surface area contributed by atoms with E-state index in [0.717, 1.165) is 16.9 Å². The molecule has 0 radical (unpaired) electrons. The summed E-state index contributed by atoms with van der Waals surface area (Å²) in [6, 6.07) is 8.01. The summed E-state index contributed by atoms with van der Waals surface area (Å²) in [6.45, 7) is 4.57. The number of hydrogen-bond donors (Lipinski definition) is 3. The molecule has 7 heteroatoms. The van der Waals surface area contributed by atoms with Crippen molar-refractivity contribution in [2.45, 2.75) is 26.4 Å². The summed E-state index contributed by atoms with van der Waals surface area (Å²) >= 11 is 0. The van der Waals surface area contributed by atoms with Crippen LogP contribution in [0.1, 0.15) is 25.5 Å². The first-order valence-corrected chi connectivity index (χ1v) is 7.15. The minimum absolute atomic E-state index is 0.239. The molecule has 5 N–H and O–H groups in total. The van der Waals surface area contributed by atoms with Gasteiger partial charge in [0.2, 0.25) is 5.95 Å². The summed E-state index contributed by atoms with van der Waals surface area (Å²) in [5.41, 5.74) is 15.0. The van der Waals surface area contributed by atoms with E-state index in [4.69, 9.17) is 11.5 Å². The van der Waals surface area contributed by atoms with Crippen molar-refractivity contribution >= 4 is 28.6 Å². The first-order chi connectivity index (χ1) is 10.6. The second-order valence-electron chi connectivity index (χ2n) is 5.34. The lowest BCUT2D eigenvalue weighted by molar-refractivity contribution is 0.613. The van der Waals surface area contributed by atoms with Gasteiger partial charge in [-0.25, -0.2) is 4.98 Å². The summed E-state index contributed by atoms with van der Waals surface area (Å²) in [5, 5.41) is 3.19. The van der Waals surface area contributed by atoms with Crippen molar-refractivity contribution in [1.82, 2.24) is 19.5 Å². The minimum atomic E-state index is 0.239. The van der Waals surface area contributed by atoms with Crippen LogP contribution in [0.4, 0.5) is 17.5 Å². The van der Waals surface area contributed by atoms with Crippen molar-refractivity contribution in [1.29, 1.82) is 0 Å². The first-order valence-electron chi connectivity index (χ1n) is 7.15. The molecule has 0 bridgehead atoms. The van der Waals surface area contributed by atoms with Gasteiger partial charge in [-0.2, -0.15) is 9.97 Å². The average molecular weight is 297 g/mol. The second-order valence-corrected chi connectivity index (χ2v) is 5.34. The van der Waals surface area contributed by atoms with Gasteiger partial charge < -0.3 is 21.4 Å². The number of para-hydroxylation sites is 1. The van der Waals surface area contributed by atoms with Gasteiger partial charge in [0, 0.05) is 18.3 Å². The third kappa shape index (κ3) is 2.46. The van der Waals surface area contributed by atoms with Gasteiger partial charge in [0.15, 0.2) is 11.5 Å². The fourth-order valence-electron chi connectivity index (χ4n) is 2.31. The molecule has 3 rings (SSSR count). The number of benzene rings is 1. The number of nitrogens with one attached hydrogen (secondary N) is 1. The van der Waals surface area contributed by atoms with E-state index in [2.05, 4.69) is 34.1 Å². The molecule has 0 fully saturated rings. The Bertz CT molecular complexity index is 807. The number of hydrogen-bond acceptors (Lipinski definition) is 6. The van der Waals surface area contributed by atoms with Crippen LogP contribution in [0, 0.1) is 0 Å². The molecule has 2 aromatic heterocycles.